The van der Waals surface area contributed by atoms with Crippen molar-refractivity contribution in [1.29, 1.82) is 0 Å². The number of hydrogen-bond acceptors (Lipinski definition) is 4. The van der Waals surface area contributed by atoms with E-state index in [4.69, 9.17) is 9.97 Å². The maximum atomic E-state index is 5.21. The molecule has 0 unspecified atom stereocenters. The molecule has 11 rings (SSSR count). The largest absolute Gasteiger partial charge is 0.310 e. The lowest BCUT2D eigenvalue weighted by molar-refractivity contribution is 1.14. The highest BCUT2D eigenvalue weighted by atomic mass is 15.1. The minimum Gasteiger partial charge on any atom is -0.310 e. The van der Waals surface area contributed by atoms with Gasteiger partial charge in [0.05, 0.1) is 22.4 Å². The van der Waals surface area contributed by atoms with Gasteiger partial charge in [0.2, 0.25) is 0 Å². The van der Waals surface area contributed by atoms with Gasteiger partial charge in [0.15, 0.2) is 5.82 Å². The highest BCUT2D eigenvalue weighted by Crippen LogP contribution is 2.43. The molecule has 5 heteroatoms. The zero-order valence-corrected chi connectivity index (χ0v) is 37.2. The van der Waals surface area contributed by atoms with E-state index >= 15 is 0 Å². The Morgan fingerprint density at radius 2 is 0.788 bits per heavy atom. The van der Waals surface area contributed by atoms with Crippen LogP contribution in [0.25, 0.3) is 61.4 Å². The van der Waals surface area contributed by atoms with Gasteiger partial charge in [-0.1, -0.05) is 132 Å². The summed E-state index contributed by atoms with van der Waals surface area (Å²) in [6.07, 6.45) is 0. The Labute approximate surface area is 386 Å². The van der Waals surface area contributed by atoms with Crippen LogP contribution in [0, 0.1) is 20.8 Å². The number of hydrogen-bond donors (Lipinski definition) is 0. The monoisotopic (exact) mass is 849 g/mol. The van der Waals surface area contributed by atoms with Crippen molar-refractivity contribution in [2.24, 2.45) is 0 Å². The summed E-state index contributed by atoms with van der Waals surface area (Å²) in [7, 11) is 0. The number of fused-ring (bicyclic) bond motifs is 3. The van der Waals surface area contributed by atoms with Gasteiger partial charge in [-0.05, 0) is 136 Å². The molecule has 0 atom stereocenters. The van der Waals surface area contributed by atoms with Crippen LogP contribution in [0.1, 0.15) is 16.7 Å². The number of anilines is 6. The van der Waals surface area contributed by atoms with Crippen LogP contribution in [0.2, 0.25) is 0 Å². The van der Waals surface area contributed by atoms with Crippen LogP contribution in [0.15, 0.2) is 231 Å². The summed E-state index contributed by atoms with van der Waals surface area (Å²) >= 11 is 0. The Hall–Kier alpha value is -8.54. The summed E-state index contributed by atoms with van der Waals surface area (Å²) in [5.41, 5.74) is 18.3. The number of rotatable bonds is 10. The first-order valence-electron chi connectivity index (χ1n) is 22.5. The standard InChI is InChI=1S/C61H47N5/c1-42-27-29-45(30-28-42)61-62-56(46-18-16-17-43(2)37-46)41-57(63-61)47-31-34-58(44(3)38-47)66-59-35-32-52(64(48-19-8-4-9-20-48)49-21-10-5-11-22-49)39-54(59)55-40-53(33-36-60(55)66)65(50-23-12-6-13-24-50)51-25-14-7-15-26-51/h4-41H,1-3H3. The molecule has 0 saturated heterocycles. The Bertz CT molecular complexity index is 3270. The fourth-order valence-electron chi connectivity index (χ4n) is 9.18. The molecular weight excluding hydrogens is 803 g/mol. The maximum Gasteiger partial charge on any atom is 0.160 e. The highest BCUT2D eigenvalue weighted by molar-refractivity contribution is 6.12. The quantitative estimate of drug-likeness (QED) is 0.137. The number of para-hydroxylation sites is 4. The SMILES string of the molecule is Cc1ccc(-c2nc(-c3cccc(C)c3)cc(-c3ccc(-n4c5ccc(N(c6ccccc6)c6ccccc6)cc5c5cc(N(c6ccccc6)c6ccccc6)ccc54)c(C)c3)n2)cc1. The summed E-state index contributed by atoms with van der Waals surface area (Å²) in [6.45, 7) is 6.44. The molecule has 11 aromatic rings. The van der Waals surface area contributed by atoms with Crippen LogP contribution in [0.5, 0.6) is 0 Å². The smallest absolute Gasteiger partial charge is 0.160 e. The van der Waals surface area contributed by atoms with Crippen molar-refractivity contribution in [2.45, 2.75) is 20.8 Å². The topological polar surface area (TPSA) is 37.2 Å². The second-order valence-corrected chi connectivity index (χ2v) is 17.0. The average Bonchev–Trinajstić information content (AvgIpc) is 3.68. The van der Waals surface area contributed by atoms with Gasteiger partial charge in [-0.25, -0.2) is 9.97 Å². The Morgan fingerprint density at radius 1 is 0.333 bits per heavy atom. The summed E-state index contributed by atoms with van der Waals surface area (Å²) in [5, 5.41) is 2.32. The van der Waals surface area contributed by atoms with Crippen LogP contribution in [0.4, 0.5) is 34.1 Å². The molecule has 0 aliphatic carbocycles. The molecule has 2 heterocycles. The third kappa shape index (κ3) is 7.67. The van der Waals surface area contributed by atoms with E-state index in [-0.39, 0.29) is 0 Å². The second kappa shape index (κ2) is 17.2. The van der Waals surface area contributed by atoms with E-state index < -0.39 is 0 Å². The van der Waals surface area contributed by atoms with Crippen molar-refractivity contribution in [1.82, 2.24) is 14.5 Å². The maximum absolute atomic E-state index is 5.21. The molecule has 0 spiro atoms. The second-order valence-electron chi connectivity index (χ2n) is 17.0. The van der Waals surface area contributed by atoms with Gasteiger partial charge < -0.3 is 14.4 Å². The van der Waals surface area contributed by atoms with Crippen molar-refractivity contribution in [3.63, 3.8) is 0 Å². The van der Waals surface area contributed by atoms with Gasteiger partial charge in [0.1, 0.15) is 0 Å². The number of nitrogens with zero attached hydrogens (tertiary/aromatic N) is 5. The van der Waals surface area contributed by atoms with E-state index in [0.29, 0.717) is 5.82 Å². The van der Waals surface area contributed by atoms with Crippen LogP contribution in [0.3, 0.4) is 0 Å². The molecule has 66 heavy (non-hydrogen) atoms. The third-order valence-electron chi connectivity index (χ3n) is 12.4. The van der Waals surface area contributed by atoms with Crippen molar-refractivity contribution >= 4 is 55.9 Å². The van der Waals surface area contributed by atoms with Gasteiger partial charge in [-0.15, -0.1) is 0 Å². The molecule has 0 fully saturated rings. The molecule has 0 aliphatic heterocycles. The van der Waals surface area contributed by atoms with Crippen LogP contribution in [-0.4, -0.2) is 14.5 Å². The number of benzene rings is 9. The lowest BCUT2D eigenvalue weighted by Crippen LogP contribution is -2.09. The Kier molecular flexibility index (Phi) is 10.5. The molecule has 0 radical (unpaired) electrons. The van der Waals surface area contributed by atoms with Gasteiger partial charge in [-0.3, -0.25) is 0 Å². The Balaban J connectivity index is 1.10. The van der Waals surface area contributed by atoms with Crippen LogP contribution < -0.4 is 9.80 Å². The number of aryl methyl sites for hydroxylation is 3. The first-order valence-corrected chi connectivity index (χ1v) is 22.5. The predicted molar refractivity (Wildman–Crippen MR) is 276 cm³/mol. The Morgan fingerprint density at radius 3 is 1.24 bits per heavy atom. The minimum absolute atomic E-state index is 0.708. The fraction of sp³-hybridized carbons (Fsp3) is 0.0492. The predicted octanol–water partition coefficient (Wildman–Crippen LogP) is 16.4. The fourth-order valence-corrected chi connectivity index (χ4v) is 9.18. The molecule has 316 valence electrons. The molecule has 0 N–H and O–H groups in total. The molecule has 0 bridgehead atoms. The van der Waals surface area contributed by atoms with Gasteiger partial charge >= 0.3 is 0 Å². The zero-order chi connectivity index (χ0) is 44.6. The lowest BCUT2D eigenvalue weighted by atomic mass is 10.0. The first-order chi connectivity index (χ1) is 32.4. The summed E-state index contributed by atoms with van der Waals surface area (Å²) in [6, 6.07) is 82.1. The number of aromatic nitrogens is 3. The van der Waals surface area contributed by atoms with Crippen LogP contribution >= 0.6 is 0 Å². The minimum atomic E-state index is 0.708. The van der Waals surface area contributed by atoms with Crippen molar-refractivity contribution in [2.75, 3.05) is 9.80 Å². The normalized spacial score (nSPS) is 11.3. The molecule has 9 aromatic carbocycles. The molecule has 5 nitrogen and oxygen atoms in total. The summed E-state index contributed by atoms with van der Waals surface area (Å²) in [4.78, 5) is 15.0. The third-order valence-corrected chi connectivity index (χ3v) is 12.4. The highest BCUT2D eigenvalue weighted by Gasteiger charge is 2.21. The summed E-state index contributed by atoms with van der Waals surface area (Å²) < 4.78 is 2.43. The molecule has 0 aliphatic rings. The van der Waals surface area contributed by atoms with E-state index in [1.54, 1.807) is 0 Å². The molecule has 0 saturated carbocycles. The van der Waals surface area contributed by atoms with E-state index in [2.05, 4.69) is 266 Å². The van der Waals surface area contributed by atoms with Gasteiger partial charge in [0.25, 0.3) is 0 Å². The van der Waals surface area contributed by atoms with E-state index in [1.165, 1.54) is 11.1 Å². The van der Waals surface area contributed by atoms with Crippen molar-refractivity contribution in [3.05, 3.63) is 247 Å². The van der Waals surface area contributed by atoms with Crippen molar-refractivity contribution < 1.29 is 0 Å². The molecule has 2 aromatic heterocycles. The van der Waals surface area contributed by atoms with E-state index in [1.807, 2.05) is 0 Å². The average molecular weight is 850 g/mol. The van der Waals surface area contributed by atoms with Gasteiger partial charge in [0, 0.05) is 67.3 Å². The first kappa shape index (κ1) is 40.2. The van der Waals surface area contributed by atoms with Gasteiger partial charge in [-0.2, -0.15) is 0 Å². The van der Waals surface area contributed by atoms with Crippen LogP contribution in [-0.2, 0) is 0 Å². The summed E-state index contributed by atoms with van der Waals surface area (Å²) in [5.74, 6) is 0.708. The van der Waals surface area contributed by atoms with E-state index in [9.17, 15) is 0 Å². The van der Waals surface area contributed by atoms with E-state index in [0.717, 1.165) is 95.3 Å². The molecule has 0 amide bonds. The van der Waals surface area contributed by atoms with Crippen molar-refractivity contribution in [3.8, 4) is 39.6 Å². The lowest BCUT2D eigenvalue weighted by Gasteiger charge is -2.26. The zero-order valence-electron chi connectivity index (χ0n) is 37.2. The molecular formula is C61H47N5.